The number of fused-ring (bicyclic) bond motifs is 1. The fraction of sp³-hybridized carbons (Fsp3) is 0.0476. The van der Waals surface area contributed by atoms with Crippen molar-refractivity contribution < 1.29 is 23.4 Å². The third kappa shape index (κ3) is 2.73. The standard InChI is InChI=1S/C21H13NO5S/c1-24-12-6-7-15-13(10-12)14(11-17(26-15)18-5-3-9-28-18)19-21(23)27-20(22-19)16-4-2-8-25-16/h2-11H,1H3. The molecule has 7 heteroatoms. The smallest absolute Gasteiger partial charge is 0.364 e. The van der Waals surface area contributed by atoms with Crippen LogP contribution in [-0.4, -0.2) is 19.0 Å². The number of carbonyl (C=O) groups excluding carboxylic acids is 1. The largest absolute Gasteiger partial charge is 0.497 e. The number of benzene rings is 1. The molecule has 2 aliphatic rings. The van der Waals surface area contributed by atoms with Gasteiger partial charge in [-0.05, 0) is 47.9 Å². The Bertz CT molecular complexity index is 1150. The molecule has 0 unspecified atom stereocenters. The second kappa shape index (κ2) is 6.54. The number of nitrogens with zero attached hydrogens (tertiary/aromatic N) is 1. The van der Waals surface area contributed by atoms with Crippen LogP contribution < -0.4 is 9.47 Å². The third-order valence-corrected chi connectivity index (χ3v) is 5.20. The number of aliphatic imine (C=N–C) groups is 1. The van der Waals surface area contributed by atoms with Crippen LogP contribution in [0.4, 0.5) is 0 Å². The summed E-state index contributed by atoms with van der Waals surface area (Å²) < 4.78 is 22.0. The van der Waals surface area contributed by atoms with Crippen molar-refractivity contribution in [3.63, 3.8) is 0 Å². The van der Waals surface area contributed by atoms with Gasteiger partial charge in [-0.15, -0.1) is 11.3 Å². The van der Waals surface area contributed by atoms with Gasteiger partial charge in [0.05, 0.1) is 18.3 Å². The molecule has 0 spiro atoms. The van der Waals surface area contributed by atoms with E-state index >= 15 is 0 Å². The zero-order valence-corrected chi connectivity index (χ0v) is 15.5. The lowest BCUT2D eigenvalue weighted by Gasteiger charge is -2.20. The van der Waals surface area contributed by atoms with Crippen molar-refractivity contribution in [3.05, 3.63) is 82.1 Å². The molecule has 0 N–H and O–H groups in total. The molecular formula is C21H13NO5S. The maximum absolute atomic E-state index is 12.6. The summed E-state index contributed by atoms with van der Waals surface area (Å²) in [5.41, 5.74) is 1.50. The molecule has 138 valence electrons. The fourth-order valence-corrected chi connectivity index (χ4v) is 3.69. The van der Waals surface area contributed by atoms with E-state index in [1.807, 2.05) is 35.7 Å². The van der Waals surface area contributed by atoms with Crippen molar-refractivity contribution >= 4 is 34.5 Å². The van der Waals surface area contributed by atoms with E-state index in [1.54, 1.807) is 36.7 Å². The fourth-order valence-electron chi connectivity index (χ4n) is 3.01. The molecule has 2 aliphatic heterocycles. The number of esters is 1. The summed E-state index contributed by atoms with van der Waals surface area (Å²) in [5, 5.41) is 1.97. The van der Waals surface area contributed by atoms with Crippen LogP contribution in [0.1, 0.15) is 16.2 Å². The number of ether oxygens (including phenoxy) is 3. The lowest BCUT2D eigenvalue weighted by Crippen LogP contribution is -2.08. The third-order valence-electron chi connectivity index (χ3n) is 4.32. The van der Waals surface area contributed by atoms with Gasteiger partial charge >= 0.3 is 5.97 Å². The van der Waals surface area contributed by atoms with Crippen molar-refractivity contribution in [1.82, 2.24) is 0 Å². The molecule has 0 saturated carbocycles. The number of allylic oxidation sites excluding steroid dienone is 2. The van der Waals surface area contributed by atoms with Gasteiger partial charge in [-0.1, -0.05) is 6.07 Å². The van der Waals surface area contributed by atoms with E-state index in [1.165, 1.54) is 6.26 Å². The molecule has 0 saturated heterocycles. The molecule has 5 rings (SSSR count). The minimum atomic E-state index is -0.543. The van der Waals surface area contributed by atoms with Gasteiger partial charge in [-0.2, -0.15) is 0 Å². The summed E-state index contributed by atoms with van der Waals surface area (Å²) in [6.45, 7) is 0. The van der Waals surface area contributed by atoms with Crippen LogP contribution in [0, 0.1) is 0 Å². The number of carbonyl (C=O) groups is 1. The highest BCUT2D eigenvalue weighted by Gasteiger charge is 2.32. The van der Waals surface area contributed by atoms with Crippen molar-refractivity contribution in [2.45, 2.75) is 0 Å². The minimum absolute atomic E-state index is 0.138. The maximum Gasteiger partial charge on any atom is 0.364 e. The molecule has 0 atom stereocenters. The quantitative estimate of drug-likeness (QED) is 0.486. The van der Waals surface area contributed by atoms with Gasteiger partial charge in [0.1, 0.15) is 17.3 Å². The first kappa shape index (κ1) is 16.6. The van der Waals surface area contributed by atoms with Crippen molar-refractivity contribution in [1.29, 1.82) is 0 Å². The van der Waals surface area contributed by atoms with Crippen LogP contribution in [0.15, 0.2) is 75.3 Å². The number of hydrogen-bond acceptors (Lipinski definition) is 7. The number of cyclic esters (lactones) is 1. The summed E-state index contributed by atoms with van der Waals surface area (Å²) >= 11 is 1.55. The van der Waals surface area contributed by atoms with E-state index in [2.05, 4.69) is 4.99 Å². The zero-order valence-electron chi connectivity index (χ0n) is 14.7. The van der Waals surface area contributed by atoms with E-state index in [-0.39, 0.29) is 11.6 Å². The van der Waals surface area contributed by atoms with Crippen LogP contribution in [0.3, 0.4) is 0 Å². The Balaban J connectivity index is 1.71. The zero-order chi connectivity index (χ0) is 19.1. The molecule has 0 radical (unpaired) electrons. The second-order valence-corrected chi connectivity index (χ2v) is 6.94. The Morgan fingerprint density at radius 3 is 2.79 bits per heavy atom. The van der Waals surface area contributed by atoms with Gasteiger partial charge in [0.15, 0.2) is 11.5 Å². The number of hydrogen-bond donors (Lipinski definition) is 0. The average molecular weight is 391 g/mol. The van der Waals surface area contributed by atoms with Crippen LogP contribution in [0.5, 0.6) is 11.5 Å². The first-order chi connectivity index (χ1) is 13.7. The van der Waals surface area contributed by atoms with Gasteiger partial charge in [-0.3, -0.25) is 0 Å². The predicted octanol–water partition coefficient (Wildman–Crippen LogP) is 4.50. The Kier molecular flexibility index (Phi) is 3.87. The molecule has 0 bridgehead atoms. The van der Waals surface area contributed by atoms with E-state index in [0.717, 1.165) is 4.88 Å². The van der Waals surface area contributed by atoms with Gasteiger partial charge in [0, 0.05) is 11.1 Å². The summed E-state index contributed by atoms with van der Waals surface area (Å²) in [7, 11) is 1.59. The predicted molar refractivity (Wildman–Crippen MR) is 104 cm³/mol. The van der Waals surface area contributed by atoms with Crippen molar-refractivity contribution in [3.8, 4) is 11.5 Å². The summed E-state index contributed by atoms with van der Waals surface area (Å²) in [4.78, 5) is 17.9. The normalized spacial score (nSPS) is 18.1. The van der Waals surface area contributed by atoms with Crippen molar-refractivity contribution in [2.24, 2.45) is 4.99 Å². The number of thiophene rings is 1. The highest BCUT2D eigenvalue weighted by Crippen LogP contribution is 2.42. The molecule has 2 aromatic heterocycles. The molecule has 4 heterocycles. The topological polar surface area (TPSA) is 70.3 Å². The number of methoxy groups -OCH3 is 1. The Hall–Kier alpha value is -3.58. The van der Waals surface area contributed by atoms with Gasteiger partial charge in [-0.25, -0.2) is 9.79 Å². The van der Waals surface area contributed by atoms with Crippen molar-refractivity contribution in [2.75, 3.05) is 7.11 Å². The second-order valence-electron chi connectivity index (χ2n) is 6.00. The Morgan fingerprint density at radius 2 is 2.04 bits per heavy atom. The summed E-state index contributed by atoms with van der Waals surface area (Å²) in [5.74, 6) is 1.89. The summed E-state index contributed by atoms with van der Waals surface area (Å²) in [6.07, 6.45) is 3.30. The molecule has 6 nitrogen and oxygen atoms in total. The van der Waals surface area contributed by atoms with E-state index in [0.29, 0.717) is 34.2 Å². The first-order valence-corrected chi connectivity index (χ1v) is 9.32. The Labute approximate surface area is 164 Å². The van der Waals surface area contributed by atoms with Crippen LogP contribution >= 0.6 is 11.3 Å². The van der Waals surface area contributed by atoms with Gasteiger partial charge in [0.25, 0.3) is 5.90 Å². The lowest BCUT2D eigenvalue weighted by molar-refractivity contribution is -0.130. The van der Waals surface area contributed by atoms with E-state index < -0.39 is 5.97 Å². The van der Waals surface area contributed by atoms with E-state index in [9.17, 15) is 4.79 Å². The van der Waals surface area contributed by atoms with E-state index in [4.69, 9.17) is 18.6 Å². The molecule has 0 fully saturated rings. The van der Waals surface area contributed by atoms with Crippen LogP contribution in [0.2, 0.25) is 0 Å². The molecular weight excluding hydrogens is 378 g/mol. The molecule has 1 aromatic carbocycles. The monoisotopic (exact) mass is 391 g/mol. The number of rotatable bonds is 3. The van der Waals surface area contributed by atoms with Crippen LogP contribution in [0.25, 0.3) is 11.3 Å². The first-order valence-electron chi connectivity index (χ1n) is 8.44. The highest BCUT2D eigenvalue weighted by molar-refractivity contribution is 7.11. The lowest BCUT2D eigenvalue weighted by atomic mass is 9.98. The minimum Gasteiger partial charge on any atom is -0.497 e. The molecule has 28 heavy (non-hydrogen) atoms. The Morgan fingerprint density at radius 1 is 1.11 bits per heavy atom. The van der Waals surface area contributed by atoms with Gasteiger partial charge in [0.2, 0.25) is 0 Å². The average Bonchev–Trinajstić information content (AvgIpc) is 3.48. The number of furan rings is 1. The van der Waals surface area contributed by atoms with Crippen LogP contribution in [-0.2, 0) is 9.53 Å². The molecule has 0 aliphatic carbocycles. The maximum atomic E-state index is 12.6. The van der Waals surface area contributed by atoms with Gasteiger partial charge < -0.3 is 18.6 Å². The SMILES string of the molecule is COc1ccc2c(c1)C(=C1N=C(c3ccco3)OC1=O)C=C(c1cccs1)O2. The summed E-state index contributed by atoms with van der Waals surface area (Å²) in [6, 6.07) is 12.7. The molecule has 3 aromatic rings. The molecule has 0 amide bonds. The highest BCUT2D eigenvalue weighted by atomic mass is 32.1.